The Labute approximate surface area is 163 Å². The number of thiophene rings is 1. The van der Waals surface area contributed by atoms with Crippen LogP contribution in [0.5, 0.6) is 0 Å². The van der Waals surface area contributed by atoms with Crippen LogP contribution in [0.3, 0.4) is 0 Å². The number of hydrazone groups is 1. The van der Waals surface area contributed by atoms with Crippen molar-refractivity contribution in [3.05, 3.63) is 87.1 Å². The van der Waals surface area contributed by atoms with E-state index in [9.17, 15) is 13.2 Å². The van der Waals surface area contributed by atoms with Gasteiger partial charge in [0.2, 0.25) is 0 Å². The minimum atomic E-state index is -4.42. The van der Waals surface area contributed by atoms with Gasteiger partial charge >= 0.3 is 6.18 Å². The average Bonchev–Trinajstić information content (AvgIpc) is 3.31. The van der Waals surface area contributed by atoms with Crippen LogP contribution >= 0.6 is 22.9 Å². The van der Waals surface area contributed by atoms with Gasteiger partial charge in [-0.2, -0.15) is 18.3 Å². The summed E-state index contributed by atoms with van der Waals surface area (Å²) in [5.74, 6) is 0. The highest BCUT2D eigenvalue weighted by Crippen LogP contribution is 2.42. The average molecular weight is 407 g/mol. The lowest BCUT2D eigenvalue weighted by Crippen LogP contribution is -2.22. The van der Waals surface area contributed by atoms with Crippen molar-refractivity contribution >= 4 is 34.3 Å². The van der Waals surface area contributed by atoms with E-state index in [4.69, 9.17) is 11.6 Å². The Hall–Kier alpha value is -2.31. The molecular formula is C20H14ClF3N2S. The molecule has 138 valence electrons. The molecule has 2 heterocycles. The Morgan fingerprint density at radius 3 is 2.41 bits per heavy atom. The second kappa shape index (κ2) is 7.02. The van der Waals surface area contributed by atoms with Crippen molar-refractivity contribution in [3.8, 4) is 0 Å². The summed E-state index contributed by atoms with van der Waals surface area (Å²) in [5.41, 5.74) is 1.07. The van der Waals surface area contributed by atoms with Crippen molar-refractivity contribution in [2.24, 2.45) is 5.10 Å². The maximum absolute atomic E-state index is 13.6. The van der Waals surface area contributed by atoms with Gasteiger partial charge in [0, 0.05) is 11.4 Å². The van der Waals surface area contributed by atoms with Gasteiger partial charge in [0.25, 0.3) is 0 Å². The maximum atomic E-state index is 13.6. The SMILES string of the molecule is FC(F)(F)c1ccccc1C1CC(c2cccs2)=NN1c1ccc(Cl)cc1. The first-order valence-corrected chi connectivity index (χ1v) is 9.51. The molecule has 0 N–H and O–H groups in total. The minimum Gasteiger partial charge on any atom is -0.257 e. The summed E-state index contributed by atoms with van der Waals surface area (Å²) in [6.07, 6.45) is -4.02. The largest absolute Gasteiger partial charge is 0.416 e. The van der Waals surface area contributed by atoms with Crippen molar-refractivity contribution in [3.63, 3.8) is 0 Å². The molecule has 1 aromatic heterocycles. The van der Waals surface area contributed by atoms with Crippen LogP contribution in [0.15, 0.2) is 71.1 Å². The Morgan fingerprint density at radius 2 is 1.74 bits per heavy atom. The number of benzene rings is 2. The van der Waals surface area contributed by atoms with Gasteiger partial charge in [0.15, 0.2) is 0 Å². The Balaban J connectivity index is 1.81. The molecule has 2 aromatic carbocycles. The van der Waals surface area contributed by atoms with Gasteiger partial charge < -0.3 is 0 Å². The van der Waals surface area contributed by atoms with Crippen molar-refractivity contribution < 1.29 is 13.2 Å². The lowest BCUT2D eigenvalue weighted by Gasteiger charge is -2.26. The zero-order chi connectivity index (χ0) is 19.0. The van der Waals surface area contributed by atoms with Gasteiger partial charge in [-0.15, -0.1) is 11.3 Å². The summed E-state index contributed by atoms with van der Waals surface area (Å²) in [4.78, 5) is 0.959. The van der Waals surface area contributed by atoms with E-state index in [-0.39, 0.29) is 5.56 Å². The highest BCUT2D eigenvalue weighted by molar-refractivity contribution is 7.12. The van der Waals surface area contributed by atoms with E-state index in [1.807, 2.05) is 17.5 Å². The van der Waals surface area contributed by atoms with E-state index >= 15 is 0 Å². The fourth-order valence-corrected chi connectivity index (χ4v) is 4.07. The first-order valence-electron chi connectivity index (χ1n) is 8.26. The number of hydrogen-bond acceptors (Lipinski definition) is 3. The molecule has 0 aliphatic carbocycles. The standard InChI is InChI=1S/C20H14ClF3N2S/c21-13-7-9-14(10-8-13)26-18(12-17(25-26)19-6-3-11-27-19)15-4-1-2-5-16(15)20(22,23)24/h1-11,18H,12H2. The highest BCUT2D eigenvalue weighted by Gasteiger charge is 2.39. The van der Waals surface area contributed by atoms with Crippen LogP contribution in [0.4, 0.5) is 18.9 Å². The summed E-state index contributed by atoms with van der Waals surface area (Å²) in [7, 11) is 0. The first kappa shape index (κ1) is 18.1. The van der Waals surface area contributed by atoms with Crippen LogP contribution in [0.2, 0.25) is 5.02 Å². The molecule has 0 fully saturated rings. The third-order valence-corrected chi connectivity index (χ3v) is 5.60. The monoisotopic (exact) mass is 406 g/mol. The quantitative estimate of drug-likeness (QED) is 0.468. The van der Waals surface area contributed by atoms with Crippen molar-refractivity contribution in [1.29, 1.82) is 0 Å². The summed E-state index contributed by atoms with van der Waals surface area (Å²) in [6, 6.07) is 16.0. The third-order valence-electron chi connectivity index (χ3n) is 4.43. The molecule has 0 spiro atoms. The second-order valence-corrected chi connectivity index (χ2v) is 7.53. The number of hydrogen-bond donors (Lipinski definition) is 0. The smallest absolute Gasteiger partial charge is 0.257 e. The van der Waals surface area contributed by atoms with E-state index in [1.165, 1.54) is 23.5 Å². The van der Waals surface area contributed by atoms with Crippen LogP contribution in [0, 0.1) is 0 Å². The van der Waals surface area contributed by atoms with Crippen LogP contribution in [-0.2, 0) is 6.18 Å². The number of rotatable bonds is 3. The van der Waals surface area contributed by atoms with E-state index in [2.05, 4.69) is 5.10 Å². The predicted octanol–water partition coefficient (Wildman–Crippen LogP) is 6.78. The molecule has 3 aromatic rings. The van der Waals surface area contributed by atoms with Gasteiger partial charge in [0.1, 0.15) is 0 Å². The Bertz CT molecular complexity index is 966. The summed E-state index contributed by atoms with van der Waals surface area (Å²) < 4.78 is 40.8. The lowest BCUT2D eigenvalue weighted by atomic mass is 9.95. The first-order chi connectivity index (χ1) is 12.9. The van der Waals surface area contributed by atoms with Gasteiger partial charge in [-0.25, -0.2) is 0 Å². The summed E-state index contributed by atoms with van der Waals surface area (Å²) in [6.45, 7) is 0. The van der Waals surface area contributed by atoms with Crippen LogP contribution in [0.25, 0.3) is 0 Å². The van der Waals surface area contributed by atoms with Crippen LogP contribution < -0.4 is 5.01 Å². The number of anilines is 1. The van der Waals surface area contributed by atoms with Gasteiger partial charge in [0.05, 0.1) is 27.9 Å². The van der Waals surface area contributed by atoms with Crippen molar-refractivity contribution in [2.75, 3.05) is 5.01 Å². The molecule has 0 saturated carbocycles. The molecule has 0 amide bonds. The molecule has 27 heavy (non-hydrogen) atoms. The molecule has 4 rings (SSSR count). The molecule has 0 saturated heterocycles. The Kier molecular flexibility index (Phi) is 4.70. The van der Waals surface area contributed by atoms with E-state index in [0.717, 1.165) is 16.7 Å². The zero-order valence-corrected chi connectivity index (χ0v) is 15.5. The zero-order valence-electron chi connectivity index (χ0n) is 13.9. The summed E-state index contributed by atoms with van der Waals surface area (Å²) in [5, 5.41) is 8.82. The fourth-order valence-electron chi connectivity index (χ4n) is 3.22. The van der Waals surface area contributed by atoms with Crippen LogP contribution in [0.1, 0.15) is 28.5 Å². The molecule has 1 aliphatic heterocycles. The normalized spacial score (nSPS) is 17.3. The lowest BCUT2D eigenvalue weighted by molar-refractivity contribution is -0.138. The second-order valence-electron chi connectivity index (χ2n) is 6.15. The maximum Gasteiger partial charge on any atom is 0.416 e. The van der Waals surface area contributed by atoms with Crippen molar-refractivity contribution in [2.45, 2.75) is 18.6 Å². The molecule has 0 radical (unpaired) electrons. The van der Waals surface area contributed by atoms with Crippen molar-refractivity contribution in [1.82, 2.24) is 0 Å². The molecule has 7 heteroatoms. The molecule has 0 bridgehead atoms. The highest BCUT2D eigenvalue weighted by atomic mass is 35.5. The topological polar surface area (TPSA) is 15.6 Å². The van der Waals surface area contributed by atoms with Gasteiger partial charge in [-0.1, -0.05) is 35.9 Å². The molecule has 1 aliphatic rings. The number of nitrogens with zero attached hydrogens (tertiary/aromatic N) is 2. The van der Waals surface area contributed by atoms with E-state index in [1.54, 1.807) is 35.3 Å². The summed E-state index contributed by atoms with van der Waals surface area (Å²) >= 11 is 7.49. The fraction of sp³-hybridized carbons (Fsp3) is 0.150. The van der Waals surface area contributed by atoms with Gasteiger partial charge in [-0.3, -0.25) is 5.01 Å². The third kappa shape index (κ3) is 3.59. The van der Waals surface area contributed by atoms with E-state index < -0.39 is 17.8 Å². The number of alkyl halides is 3. The minimum absolute atomic E-state index is 0.218. The van der Waals surface area contributed by atoms with Gasteiger partial charge in [-0.05, 0) is 47.3 Å². The molecule has 2 nitrogen and oxygen atoms in total. The molecule has 1 atom stereocenters. The molecular weight excluding hydrogens is 393 g/mol. The van der Waals surface area contributed by atoms with Crippen LogP contribution in [-0.4, -0.2) is 5.71 Å². The van der Waals surface area contributed by atoms with E-state index in [0.29, 0.717) is 17.1 Å². The Morgan fingerprint density at radius 1 is 1.00 bits per heavy atom. The number of halogens is 4. The molecule has 1 unspecified atom stereocenters. The predicted molar refractivity (Wildman–Crippen MR) is 104 cm³/mol.